The van der Waals surface area contributed by atoms with Crippen LogP contribution in [0.2, 0.25) is 5.02 Å². The van der Waals surface area contributed by atoms with Crippen molar-refractivity contribution in [1.29, 1.82) is 0 Å². The number of hydrogen-bond donors (Lipinski definition) is 1. The summed E-state index contributed by atoms with van der Waals surface area (Å²) in [6.45, 7) is 1.91. The van der Waals surface area contributed by atoms with Crippen molar-refractivity contribution in [2.24, 2.45) is 5.10 Å². The van der Waals surface area contributed by atoms with Crippen molar-refractivity contribution >= 4 is 68.9 Å². The first-order valence-corrected chi connectivity index (χ1v) is 9.08. The minimum absolute atomic E-state index is 0.356. The average Bonchev–Trinajstić information content (AvgIpc) is 2.46. The zero-order chi connectivity index (χ0) is 17.0. The number of carbonyl (C=O) groups is 1. The van der Waals surface area contributed by atoms with Gasteiger partial charge in [-0.1, -0.05) is 17.7 Å². The Labute approximate surface area is 166 Å². The van der Waals surface area contributed by atoms with Crippen LogP contribution in [0.5, 0.6) is 5.75 Å². The van der Waals surface area contributed by atoms with E-state index in [9.17, 15) is 4.79 Å². The minimum Gasteiger partial charge on any atom is -0.495 e. The van der Waals surface area contributed by atoms with Gasteiger partial charge in [-0.3, -0.25) is 4.79 Å². The number of hydrogen-bond acceptors (Lipinski definition) is 3. The fraction of sp³-hybridized carbons (Fsp3) is 0.125. The van der Waals surface area contributed by atoms with Crippen LogP contribution in [0.15, 0.2) is 35.4 Å². The molecule has 0 aromatic heterocycles. The predicted molar refractivity (Wildman–Crippen MR) is 110 cm³/mol. The van der Waals surface area contributed by atoms with Gasteiger partial charge >= 0.3 is 0 Å². The van der Waals surface area contributed by atoms with Gasteiger partial charge in [0.2, 0.25) is 0 Å². The molecule has 7 heteroatoms. The quantitative estimate of drug-likeness (QED) is 0.341. The summed E-state index contributed by atoms with van der Waals surface area (Å²) in [5.41, 5.74) is 4.66. The molecule has 0 fully saturated rings. The fourth-order valence-electron chi connectivity index (χ4n) is 1.92. The van der Waals surface area contributed by atoms with Crippen molar-refractivity contribution in [2.75, 3.05) is 7.11 Å². The highest BCUT2D eigenvalue weighted by Gasteiger charge is 2.10. The number of benzene rings is 2. The summed E-state index contributed by atoms with van der Waals surface area (Å²) in [5.74, 6) is 0.364. The highest BCUT2D eigenvalue weighted by atomic mass is 127. The maximum Gasteiger partial charge on any atom is 0.272 e. The van der Waals surface area contributed by atoms with Crippen LogP contribution in [0.3, 0.4) is 0 Å². The van der Waals surface area contributed by atoms with E-state index in [4.69, 9.17) is 16.3 Å². The molecule has 23 heavy (non-hydrogen) atoms. The van der Waals surface area contributed by atoms with Gasteiger partial charge in [-0.15, -0.1) is 0 Å². The maximum absolute atomic E-state index is 12.1. The molecule has 2 aromatic carbocycles. The molecule has 2 rings (SSSR count). The number of ether oxygens (including phenoxy) is 1. The second-order valence-corrected chi connectivity index (χ2v) is 7.51. The fourth-order valence-corrected chi connectivity index (χ4v) is 4.35. The van der Waals surface area contributed by atoms with Crippen molar-refractivity contribution in [3.63, 3.8) is 0 Å². The van der Waals surface area contributed by atoms with E-state index in [0.717, 1.165) is 24.0 Å². The molecule has 0 heterocycles. The minimum atomic E-state index is -0.356. The Morgan fingerprint density at radius 2 is 2.04 bits per heavy atom. The predicted octanol–water partition coefficient (Wildman–Crippen LogP) is 4.63. The molecule has 2 aromatic rings. The summed E-state index contributed by atoms with van der Waals surface area (Å²) in [4.78, 5) is 12.1. The van der Waals surface area contributed by atoms with Gasteiger partial charge in [0.15, 0.2) is 0 Å². The molecule has 1 amide bonds. The number of halogens is 3. The summed E-state index contributed by atoms with van der Waals surface area (Å²) < 4.78 is 7.41. The molecule has 0 aliphatic rings. The van der Waals surface area contributed by atoms with Crippen molar-refractivity contribution in [3.05, 3.63) is 59.2 Å². The summed E-state index contributed by atoms with van der Waals surface area (Å²) in [6, 6.07) is 9.18. The normalized spacial score (nSPS) is 10.8. The summed E-state index contributed by atoms with van der Waals surface area (Å²) in [7, 11) is 1.60. The SMILES string of the molecule is COc1c(I)cc(I)cc1/C=N\NC(=O)c1ccc(C)cc1Cl. The van der Waals surface area contributed by atoms with E-state index in [-0.39, 0.29) is 5.91 Å². The number of rotatable bonds is 4. The van der Waals surface area contributed by atoms with Crippen LogP contribution < -0.4 is 10.2 Å². The Bertz CT molecular complexity index is 779. The first kappa shape index (κ1) is 18.5. The molecule has 0 aliphatic carbocycles. The molecule has 0 radical (unpaired) electrons. The highest BCUT2D eigenvalue weighted by Crippen LogP contribution is 2.26. The van der Waals surface area contributed by atoms with Crippen LogP contribution in [-0.4, -0.2) is 19.2 Å². The van der Waals surface area contributed by atoms with E-state index < -0.39 is 0 Å². The van der Waals surface area contributed by atoms with E-state index >= 15 is 0 Å². The molecule has 0 unspecified atom stereocenters. The number of hydrazone groups is 1. The summed E-state index contributed by atoms with van der Waals surface area (Å²) >= 11 is 10.5. The van der Waals surface area contributed by atoms with E-state index in [1.54, 1.807) is 25.5 Å². The number of aryl methyl sites for hydroxylation is 1. The third-order valence-electron chi connectivity index (χ3n) is 2.98. The van der Waals surface area contributed by atoms with Gasteiger partial charge in [-0.25, -0.2) is 5.43 Å². The zero-order valence-electron chi connectivity index (χ0n) is 12.4. The highest BCUT2D eigenvalue weighted by molar-refractivity contribution is 14.1. The lowest BCUT2D eigenvalue weighted by Crippen LogP contribution is -2.18. The first-order chi connectivity index (χ1) is 10.9. The molecule has 1 N–H and O–H groups in total. The second-order valence-electron chi connectivity index (χ2n) is 4.69. The van der Waals surface area contributed by atoms with Crippen LogP contribution >= 0.6 is 56.8 Å². The van der Waals surface area contributed by atoms with Crippen LogP contribution in [-0.2, 0) is 0 Å². The largest absolute Gasteiger partial charge is 0.495 e. The molecule has 0 bridgehead atoms. The third kappa shape index (κ3) is 4.80. The van der Waals surface area contributed by atoms with Gasteiger partial charge in [0, 0.05) is 9.13 Å². The van der Waals surface area contributed by atoms with Crippen LogP contribution in [0.1, 0.15) is 21.5 Å². The van der Waals surface area contributed by atoms with E-state index in [1.807, 2.05) is 25.1 Å². The average molecular weight is 555 g/mol. The van der Waals surface area contributed by atoms with Gasteiger partial charge in [0.05, 0.1) is 27.5 Å². The molecule has 0 saturated heterocycles. The lowest BCUT2D eigenvalue weighted by Gasteiger charge is -2.08. The number of nitrogens with one attached hydrogen (secondary N) is 1. The van der Waals surface area contributed by atoms with Crippen LogP contribution in [0, 0.1) is 14.1 Å². The smallest absolute Gasteiger partial charge is 0.272 e. The topological polar surface area (TPSA) is 50.7 Å². The molecule has 0 aliphatic heterocycles. The van der Waals surface area contributed by atoms with E-state index in [1.165, 1.54) is 0 Å². The number of methoxy groups -OCH3 is 1. The number of carbonyl (C=O) groups excluding carboxylic acids is 1. The first-order valence-electron chi connectivity index (χ1n) is 6.55. The lowest BCUT2D eigenvalue weighted by molar-refractivity contribution is 0.0955. The Hall–Kier alpha value is -0.870. The third-order valence-corrected chi connectivity index (χ3v) is 4.72. The second kappa shape index (κ2) is 8.29. The van der Waals surface area contributed by atoms with Gasteiger partial charge in [0.1, 0.15) is 5.75 Å². The summed E-state index contributed by atoms with van der Waals surface area (Å²) in [5, 5.41) is 4.40. The van der Waals surface area contributed by atoms with Crippen molar-refractivity contribution < 1.29 is 9.53 Å². The van der Waals surface area contributed by atoms with Crippen LogP contribution in [0.25, 0.3) is 0 Å². The number of nitrogens with zero attached hydrogens (tertiary/aromatic N) is 1. The van der Waals surface area contributed by atoms with E-state index in [2.05, 4.69) is 55.7 Å². The van der Waals surface area contributed by atoms with Gasteiger partial charge in [-0.2, -0.15) is 5.10 Å². The Morgan fingerprint density at radius 3 is 2.70 bits per heavy atom. The summed E-state index contributed by atoms with van der Waals surface area (Å²) in [6.07, 6.45) is 1.56. The molecule has 120 valence electrons. The molecular formula is C16H13ClI2N2O2. The zero-order valence-corrected chi connectivity index (χ0v) is 17.4. The Balaban J connectivity index is 2.17. The van der Waals surface area contributed by atoms with Crippen LogP contribution in [0.4, 0.5) is 0 Å². The van der Waals surface area contributed by atoms with Gasteiger partial charge in [-0.05, 0) is 81.9 Å². The monoisotopic (exact) mass is 554 g/mol. The molecular weight excluding hydrogens is 541 g/mol. The maximum atomic E-state index is 12.1. The number of amides is 1. The molecule has 0 spiro atoms. The van der Waals surface area contributed by atoms with Gasteiger partial charge < -0.3 is 4.74 Å². The van der Waals surface area contributed by atoms with Crippen molar-refractivity contribution in [3.8, 4) is 5.75 Å². The standard InChI is InChI=1S/C16H13ClI2N2O2/c1-9-3-4-12(13(17)5-9)16(22)21-20-8-10-6-11(18)7-14(19)15(10)23-2/h3-8H,1-2H3,(H,21,22)/b20-8-. The van der Waals surface area contributed by atoms with Gasteiger partial charge in [0.25, 0.3) is 5.91 Å². The van der Waals surface area contributed by atoms with Crippen molar-refractivity contribution in [1.82, 2.24) is 5.43 Å². The molecule has 0 atom stereocenters. The lowest BCUT2D eigenvalue weighted by atomic mass is 10.1. The Kier molecular flexibility index (Phi) is 6.66. The van der Waals surface area contributed by atoms with E-state index in [0.29, 0.717) is 10.6 Å². The molecule has 0 saturated carbocycles. The Morgan fingerprint density at radius 1 is 1.30 bits per heavy atom. The molecule has 4 nitrogen and oxygen atoms in total. The van der Waals surface area contributed by atoms with Crippen molar-refractivity contribution in [2.45, 2.75) is 6.92 Å².